The standard InChI is InChI=1S/C40H39N3O6S2/c1-5-47-33-21-26(13-16-32(33)48-18-17-23(2)3)35-34(36(44)27-14-15-31-29(20-27)19-24(4)49-31)37(45)38(46)43(35)39-41-42-40(51-39)50-22-28-11-8-10-25-9-6-7-12-30(25)28/h6-16,20-21,23-24,35,44H,5,17-19,22H2,1-4H3/t24-,35+/m0/s1. The molecule has 0 bridgehead atoms. The lowest BCUT2D eigenvalue weighted by atomic mass is 9.94. The minimum atomic E-state index is -0.999. The minimum Gasteiger partial charge on any atom is -0.507 e. The van der Waals surface area contributed by atoms with Crippen molar-refractivity contribution in [1.29, 1.82) is 0 Å². The number of ketones is 1. The second kappa shape index (κ2) is 14.8. The van der Waals surface area contributed by atoms with Crippen molar-refractivity contribution in [3.63, 3.8) is 0 Å². The number of thioether (sulfide) groups is 1. The number of hydrogen-bond donors (Lipinski definition) is 1. The van der Waals surface area contributed by atoms with E-state index in [1.165, 1.54) is 28.0 Å². The maximum absolute atomic E-state index is 14.0. The van der Waals surface area contributed by atoms with E-state index in [9.17, 15) is 14.7 Å². The third-order valence-corrected chi connectivity index (χ3v) is 11.1. The number of aromatic nitrogens is 2. The van der Waals surface area contributed by atoms with Crippen LogP contribution in [0, 0.1) is 5.92 Å². The summed E-state index contributed by atoms with van der Waals surface area (Å²) < 4.78 is 18.6. The van der Waals surface area contributed by atoms with E-state index in [1.54, 1.807) is 30.3 Å². The zero-order valence-electron chi connectivity index (χ0n) is 28.9. The first kappa shape index (κ1) is 34.6. The van der Waals surface area contributed by atoms with Crippen LogP contribution in [0.25, 0.3) is 16.5 Å². The third kappa shape index (κ3) is 7.05. The molecule has 1 aromatic heterocycles. The Morgan fingerprint density at radius 2 is 1.84 bits per heavy atom. The van der Waals surface area contributed by atoms with E-state index in [0.717, 1.165) is 34.1 Å². The summed E-state index contributed by atoms with van der Waals surface area (Å²) in [4.78, 5) is 29.3. The molecule has 11 heteroatoms. The van der Waals surface area contributed by atoms with Crippen LogP contribution in [0.2, 0.25) is 0 Å². The summed E-state index contributed by atoms with van der Waals surface area (Å²) in [7, 11) is 0. The van der Waals surface area contributed by atoms with Gasteiger partial charge in [-0.15, -0.1) is 10.2 Å². The van der Waals surface area contributed by atoms with Gasteiger partial charge in [0.25, 0.3) is 5.78 Å². The van der Waals surface area contributed by atoms with Crippen molar-refractivity contribution < 1.29 is 28.9 Å². The number of rotatable bonds is 12. The lowest BCUT2D eigenvalue weighted by molar-refractivity contribution is -0.132. The van der Waals surface area contributed by atoms with Gasteiger partial charge in [-0.05, 0) is 84.0 Å². The normalized spacial score (nSPS) is 18.0. The molecule has 0 spiro atoms. The molecule has 9 nitrogen and oxygen atoms in total. The number of fused-ring (bicyclic) bond motifs is 2. The molecular formula is C40H39N3O6S2. The number of carbonyl (C=O) groups excluding carboxylic acids is 2. The summed E-state index contributed by atoms with van der Waals surface area (Å²) >= 11 is 2.75. The number of aliphatic hydroxyl groups is 1. The molecular weight excluding hydrogens is 683 g/mol. The van der Waals surface area contributed by atoms with Crippen LogP contribution in [-0.2, 0) is 21.8 Å². The molecule has 4 aromatic carbocycles. The fourth-order valence-corrected chi connectivity index (χ4v) is 8.34. The van der Waals surface area contributed by atoms with E-state index in [0.29, 0.717) is 58.3 Å². The van der Waals surface area contributed by atoms with Crippen LogP contribution in [0.4, 0.5) is 5.13 Å². The summed E-state index contributed by atoms with van der Waals surface area (Å²) in [5, 5.41) is 23.3. The highest BCUT2D eigenvalue weighted by Gasteiger charge is 2.48. The number of hydrogen-bond acceptors (Lipinski definition) is 10. The molecule has 7 rings (SSSR count). The van der Waals surface area contributed by atoms with Crippen molar-refractivity contribution in [2.45, 2.75) is 62.8 Å². The highest BCUT2D eigenvalue weighted by atomic mass is 32.2. The zero-order chi connectivity index (χ0) is 35.6. The topological polar surface area (TPSA) is 111 Å². The summed E-state index contributed by atoms with van der Waals surface area (Å²) in [5.41, 5.74) is 3.04. The van der Waals surface area contributed by atoms with Crippen LogP contribution in [-0.4, -0.2) is 46.3 Å². The Morgan fingerprint density at radius 3 is 2.67 bits per heavy atom. The molecule has 2 atom stereocenters. The van der Waals surface area contributed by atoms with Crippen LogP contribution in [0.3, 0.4) is 0 Å². The summed E-state index contributed by atoms with van der Waals surface area (Å²) in [6, 6.07) is 24.1. The number of benzene rings is 4. The SMILES string of the molecule is CCOc1cc([C@@H]2C(=C(O)c3ccc4c(c3)C[C@H](C)O4)C(=O)C(=O)N2c2nnc(SCc3cccc4ccccc34)s2)ccc1OCCC(C)C. The van der Waals surface area contributed by atoms with Gasteiger partial charge in [-0.3, -0.25) is 14.5 Å². The maximum Gasteiger partial charge on any atom is 0.301 e. The van der Waals surface area contributed by atoms with E-state index in [2.05, 4.69) is 48.3 Å². The number of Topliss-reactive ketones (excluding diaryl/α,β-unsaturated/α-hetero) is 1. The second-order valence-electron chi connectivity index (χ2n) is 13.1. The molecule has 0 aliphatic carbocycles. The number of aliphatic hydroxyl groups excluding tert-OH is 1. The van der Waals surface area contributed by atoms with Crippen molar-refractivity contribution in [1.82, 2.24) is 10.2 Å². The van der Waals surface area contributed by atoms with Gasteiger partial charge >= 0.3 is 5.91 Å². The van der Waals surface area contributed by atoms with E-state index < -0.39 is 17.7 Å². The number of amides is 1. The zero-order valence-corrected chi connectivity index (χ0v) is 30.6. The fourth-order valence-electron chi connectivity index (χ4n) is 6.47. The number of carbonyl (C=O) groups is 2. The lowest BCUT2D eigenvalue weighted by Gasteiger charge is -2.24. The van der Waals surface area contributed by atoms with Gasteiger partial charge in [0, 0.05) is 17.7 Å². The molecule has 5 aromatic rings. The Labute approximate surface area is 305 Å². The second-order valence-corrected chi connectivity index (χ2v) is 15.3. The van der Waals surface area contributed by atoms with Crippen LogP contribution in [0.5, 0.6) is 17.2 Å². The van der Waals surface area contributed by atoms with Gasteiger partial charge in [-0.25, -0.2) is 0 Å². The molecule has 1 amide bonds. The molecule has 0 saturated carbocycles. The van der Waals surface area contributed by atoms with Crippen LogP contribution < -0.4 is 19.1 Å². The number of ether oxygens (including phenoxy) is 3. The number of anilines is 1. The smallest absolute Gasteiger partial charge is 0.301 e. The van der Waals surface area contributed by atoms with E-state index >= 15 is 0 Å². The van der Waals surface area contributed by atoms with E-state index in [1.807, 2.05) is 38.1 Å². The average molecular weight is 722 g/mol. The Balaban J connectivity index is 1.27. The minimum absolute atomic E-state index is 0.00585. The van der Waals surface area contributed by atoms with Crippen molar-refractivity contribution in [2.75, 3.05) is 18.1 Å². The summed E-state index contributed by atoms with van der Waals surface area (Å²) in [6.07, 6.45) is 1.55. The van der Waals surface area contributed by atoms with Gasteiger partial charge in [-0.1, -0.05) is 85.5 Å². The van der Waals surface area contributed by atoms with Gasteiger partial charge in [-0.2, -0.15) is 0 Å². The number of nitrogens with zero attached hydrogens (tertiary/aromatic N) is 3. The Bertz CT molecular complexity index is 2140. The molecule has 0 radical (unpaired) electrons. The van der Waals surface area contributed by atoms with E-state index in [-0.39, 0.29) is 22.6 Å². The van der Waals surface area contributed by atoms with Gasteiger partial charge in [0.2, 0.25) is 5.13 Å². The fraction of sp³-hybridized carbons (Fsp3) is 0.300. The summed E-state index contributed by atoms with van der Waals surface area (Å²) in [5.74, 6) is 1.03. The van der Waals surface area contributed by atoms with Crippen molar-refractivity contribution >= 4 is 56.5 Å². The summed E-state index contributed by atoms with van der Waals surface area (Å²) in [6.45, 7) is 9.03. The van der Waals surface area contributed by atoms with Gasteiger partial charge in [0.1, 0.15) is 17.6 Å². The Kier molecular flexibility index (Phi) is 10.0. The quantitative estimate of drug-likeness (QED) is 0.0445. The van der Waals surface area contributed by atoms with Gasteiger partial charge in [0.05, 0.1) is 24.8 Å². The Hall–Kier alpha value is -4.87. The Morgan fingerprint density at radius 1 is 1.02 bits per heavy atom. The maximum atomic E-state index is 14.0. The molecule has 0 unspecified atom stereocenters. The lowest BCUT2D eigenvalue weighted by Crippen LogP contribution is -2.29. The van der Waals surface area contributed by atoms with Crippen LogP contribution in [0.1, 0.15) is 62.4 Å². The van der Waals surface area contributed by atoms with Gasteiger partial charge < -0.3 is 19.3 Å². The monoisotopic (exact) mass is 721 g/mol. The predicted octanol–water partition coefficient (Wildman–Crippen LogP) is 8.76. The molecule has 262 valence electrons. The van der Waals surface area contributed by atoms with Crippen molar-refractivity contribution in [2.24, 2.45) is 5.92 Å². The van der Waals surface area contributed by atoms with Gasteiger partial charge in [0.15, 0.2) is 15.8 Å². The average Bonchev–Trinajstić information content (AvgIpc) is 3.82. The first-order chi connectivity index (χ1) is 24.7. The highest BCUT2D eigenvalue weighted by Crippen LogP contribution is 2.46. The molecule has 1 fully saturated rings. The largest absolute Gasteiger partial charge is 0.507 e. The van der Waals surface area contributed by atoms with Crippen molar-refractivity contribution in [3.8, 4) is 17.2 Å². The highest BCUT2D eigenvalue weighted by molar-refractivity contribution is 8.00. The molecule has 1 N–H and O–H groups in total. The molecule has 1 saturated heterocycles. The third-order valence-electron chi connectivity index (χ3n) is 8.98. The molecule has 2 aliphatic rings. The van der Waals surface area contributed by atoms with Crippen LogP contribution in [0.15, 0.2) is 88.8 Å². The predicted molar refractivity (Wildman–Crippen MR) is 201 cm³/mol. The van der Waals surface area contributed by atoms with Crippen LogP contribution >= 0.6 is 23.1 Å². The molecule has 3 heterocycles. The van der Waals surface area contributed by atoms with Crippen molar-refractivity contribution in [3.05, 3.63) is 107 Å². The molecule has 2 aliphatic heterocycles. The molecule has 51 heavy (non-hydrogen) atoms. The van der Waals surface area contributed by atoms with E-state index in [4.69, 9.17) is 14.2 Å². The first-order valence-electron chi connectivity index (χ1n) is 17.1. The first-order valence-corrected chi connectivity index (χ1v) is 19.0.